The molecule has 1 fully saturated rings. The van der Waals surface area contributed by atoms with Crippen molar-refractivity contribution in [3.05, 3.63) is 23.0 Å². The molecule has 1 saturated heterocycles. The van der Waals surface area contributed by atoms with Crippen molar-refractivity contribution in [3.63, 3.8) is 0 Å². The van der Waals surface area contributed by atoms with Crippen molar-refractivity contribution in [1.82, 2.24) is 24.8 Å². The largest absolute Gasteiger partial charge is 0.481 e. The molecule has 3 heterocycles. The highest BCUT2D eigenvalue weighted by Gasteiger charge is 2.36. The number of hydrogen-bond donors (Lipinski definition) is 0. The molecule has 7 nitrogen and oxygen atoms in total. The van der Waals surface area contributed by atoms with E-state index in [-0.39, 0.29) is 12.1 Å². The zero-order valence-electron chi connectivity index (χ0n) is 13.8. The molecule has 7 heteroatoms. The molecule has 0 spiro atoms. The maximum absolute atomic E-state index is 5.57. The number of aromatic nitrogens is 4. The number of aryl methyl sites for hydroxylation is 3. The predicted octanol–water partition coefficient (Wildman–Crippen LogP) is 2.33. The van der Waals surface area contributed by atoms with Crippen molar-refractivity contribution < 1.29 is 9.26 Å². The minimum absolute atomic E-state index is 0.0815. The van der Waals surface area contributed by atoms with Gasteiger partial charge in [-0.05, 0) is 40.2 Å². The Morgan fingerprint density at radius 2 is 2.14 bits per heavy atom. The van der Waals surface area contributed by atoms with Crippen LogP contribution in [0.4, 0.5) is 0 Å². The number of methoxy groups -OCH3 is 1. The van der Waals surface area contributed by atoms with Crippen LogP contribution in [0.15, 0.2) is 4.52 Å². The number of hydrogen-bond acceptors (Lipinski definition) is 6. The molecule has 3 rings (SSSR count). The summed E-state index contributed by atoms with van der Waals surface area (Å²) in [7, 11) is 3.61. The van der Waals surface area contributed by atoms with Gasteiger partial charge in [0.25, 0.3) is 0 Å². The van der Waals surface area contributed by atoms with Crippen LogP contribution in [0.25, 0.3) is 0 Å². The predicted molar refractivity (Wildman–Crippen MR) is 80.6 cm³/mol. The Kier molecular flexibility index (Phi) is 3.90. The van der Waals surface area contributed by atoms with E-state index < -0.39 is 0 Å². The monoisotopic (exact) mass is 305 g/mol. The van der Waals surface area contributed by atoms with E-state index in [4.69, 9.17) is 9.26 Å². The first-order chi connectivity index (χ1) is 10.5. The molecule has 0 bridgehead atoms. The van der Waals surface area contributed by atoms with E-state index in [0.29, 0.717) is 11.7 Å². The minimum atomic E-state index is 0.0815. The maximum Gasteiger partial charge on any atom is 0.243 e. The molecule has 0 aromatic carbocycles. The summed E-state index contributed by atoms with van der Waals surface area (Å²) in [5.74, 6) is 2.18. The van der Waals surface area contributed by atoms with Gasteiger partial charge in [-0.25, -0.2) is 4.68 Å². The summed E-state index contributed by atoms with van der Waals surface area (Å²) in [5.41, 5.74) is 2.19. The lowest BCUT2D eigenvalue weighted by atomic mass is 10.0. The third-order valence-corrected chi connectivity index (χ3v) is 4.43. The SMILES string of the molecule is COc1c([C@H]2CCCN2[C@@H](C)c2nc(C)no2)c(C)nn1C. The molecular formula is C15H23N5O2. The van der Waals surface area contributed by atoms with Crippen LogP contribution in [0.2, 0.25) is 0 Å². The summed E-state index contributed by atoms with van der Waals surface area (Å²) >= 11 is 0. The molecule has 2 aromatic heterocycles. The van der Waals surface area contributed by atoms with Crippen LogP contribution in [0, 0.1) is 13.8 Å². The van der Waals surface area contributed by atoms with E-state index in [2.05, 4.69) is 27.1 Å². The Morgan fingerprint density at radius 3 is 2.77 bits per heavy atom. The van der Waals surface area contributed by atoms with Gasteiger partial charge in [-0.3, -0.25) is 4.90 Å². The summed E-state index contributed by atoms with van der Waals surface area (Å²) in [6, 6.07) is 0.351. The number of rotatable bonds is 4. The average molecular weight is 305 g/mol. The quantitative estimate of drug-likeness (QED) is 0.863. The van der Waals surface area contributed by atoms with Gasteiger partial charge < -0.3 is 9.26 Å². The zero-order valence-corrected chi connectivity index (χ0v) is 13.8. The molecule has 0 radical (unpaired) electrons. The molecule has 0 aliphatic carbocycles. The van der Waals surface area contributed by atoms with Crippen LogP contribution >= 0.6 is 0 Å². The number of ether oxygens (including phenoxy) is 1. The first kappa shape index (κ1) is 15.0. The van der Waals surface area contributed by atoms with Crippen LogP contribution in [0.1, 0.15) is 54.8 Å². The molecular weight excluding hydrogens is 282 g/mol. The lowest BCUT2D eigenvalue weighted by Gasteiger charge is -2.28. The normalized spacial score (nSPS) is 20.5. The van der Waals surface area contributed by atoms with Crippen molar-refractivity contribution in [2.75, 3.05) is 13.7 Å². The van der Waals surface area contributed by atoms with Gasteiger partial charge >= 0.3 is 0 Å². The molecule has 22 heavy (non-hydrogen) atoms. The molecule has 2 atom stereocenters. The first-order valence-corrected chi connectivity index (χ1v) is 7.66. The van der Waals surface area contributed by atoms with E-state index in [1.54, 1.807) is 7.11 Å². The van der Waals surface area contributed by atoms with Crippen molar-refractivity contribution in [2.45, 2.75) is 45.7 Å². The second kappa shape index (κ2) is 5.72. The molecule has 1 aliphatic heterocycles. The van der Waals surface area contributed by atoms with Crippen molar-refractivity contribution in [2.24, 2.45) is 7.05 Å². The third kappa shape index (κ3) is 2.39. The fourth-order valence-electron chi connectivity index (χ4n) is 3.47. The molecule has 0 unspecified atom stereocenters. The van der Waals surface area contributed by atoms with Crippen LogP contribution in [0.3, 0.4) is 0 Å². The summed E-state index contributed by atoms with van der Waals surface area (Å²) in [5, 5.41) is 8.42. The molecule has 1 aliphatic rings. The zero-order chi connectivity index (χ0) is 15.9. The number of likely N-dealkylation sites (tertiary alicyclic amines) is 1. The smallest absolute Gasteiger partial charge is 0.243 e. The van der Waals surface area contributed by atoms with Gasteiger partial charge in [0.1, 0.15) is 0 Å². The summed E-state index contributed by atoms with van der Waals surface area (Å²) in [6.45, 7) is 7.00. The highest BCUT2D eigenvalue weighted by molar-refractivity contribution is 5.35. The summed E-state index contributed by atoms with van der Waals surface area (Å²) < 4.78 is 12.7. The van der Waals surface area contributed by atoms with Crippen LogP contribution in [-0.2, 0) is 7.05 Å². The van der Waals surface area contributed by atoms with Crippen molar-refractivity contribution >= 4 is 0 Å². The number of nitrogens with zero attached hydrogens (tertiary/aromatic N) is 5. The Labute approximate surface area is 130 Å². The van der Waals surface area contributed by atoms with Gasteiger partial charge in [0, 0.05) is 13.1 Å². The highest BCUT2D eigenvalue weighted by Crippen LogP contribution is 2.42. The fourth-order valence-corrected chi connectivity index (χ4v) is 3.47. The first-order valence-electron chi connectivity index (χ1n) is 7.66. The second-order valence-corrected chi connectivity index (χ2v) is 5.88. The van der Waals surface area contributed by atoms with Gasteiger partial charge in [-0.15, -0.1) is 0 Å². The van der Waals surface area contributed by atoms with Crippen molar-refractivity contribution in [3.8, 4) is 5.88 Å². The topological polar surface area (TPSA) is 69.2 Å². The van der Waals surface area contributed by atoms with E-state index in [9.17, 15) is 0 Å². The minimum Gasteiger partial charge on any atom is -0.481 e. The van der Waals surface area contributed by atoms with Crippen LogP contribution in [0.5, 0.6) is 5.88 Å². The van der Waals surface area contributed by atoms with E-state index >= 15 is 0 Å². The summed E-state index contributed by atoms with van der Waals surface area (Å²) in [6.07, 6.45) is 2.22. The van der Waals surface area contributed by atoms with E-state index in [1.165, 1.54) is 5.56 Å². The standard InChI is InChI=1S/C15H23N5O2/c1-9-13(15(21-5)19(4)17-9)12-7-6-8-20(12)10(2)14-16-11(3)18-22-14/h10,12H,6-8H2,1-5H3/t10-,12+/m0/s1. The molecule has 0 N–H and O–H groups in total. The summed E-state index contributed by atoms with van der Waals surface area (Å²) in [4.78, 5) is 6.78. The van der Waals surface area contributed by atoms with Gasteiger partial charge in [0.05, 0.1) is 24.4 Å². The van der Waals surface area contributed by atoms with Crippen molar-refractivity contribution in [1.29, 1.82) is 0 Å². The third-order valence-electron chi connectivity index (χ3n) is 4.43. The van der Waals surface area contributed by atoms with Gasteiger partial charge in [-0.2, -0.15) is 10.1 Å². The molecule has 120 valence electrons. The average Bonchev–Trinajstić information content (AvgIpc) is 3.16. The lowest BCUT2D eigenvalue weighted by molar-refractivity contribution is 0.156. The van der Waals surface area contributed by atoms with E-state index in [1.807, 2.05) is 25.6 Å². The Morgan fingerprint density at radius 1 is 1.36 bits per heavy atom. The highest BCUT2D eigenvalue weighted by atomic mass is 16.5. The fraction of sp³-hybridized carbons (Fsp3) is 0.667. The Hall–Kier alpha value is -1.89. The van der Waals surface area contributed by atoms with E-state index in [0.717, 1.165) is 31.0 Å². The van der Waals surface area contributed by atoms with Gasteiger partial charge in [0.15, 0.2) is 5.82 Å². The Balaban J connectivity index is 1.94. The van der Waals surface area contributed by atoms with Gasteiger partial charge in [0.2, 0.25) is 11.8 Å². The second-order valence-electron chi connectivity index (χ2n) is 5.88. The molecule has 2 aromatic rings. The van der Waals surface area contributed by atoms with Crippen LogP contribution in [-0.4, -0.2) is 38.5 Å². The molecule has 0 saturated carbocycles. The molecule has 0 amide bonds. The Bertz CT molecular complexity index is 663. The lowest BCUT2D eigenvalue weighted by Crippen LogP contribution is -2.27. The van der Waals surface area contributed by atoms with Gasteiger partial charge in [-0.1, -0.05) is 5.16 Å². The van der Waals surface area contributed by atoms with Crippen LogP contribution < -0.4 is 4.74 Å². The maximum atomic E-state index is 5.57.